The molecule has 0 spiro atoms. The topological polar surface area (TPSA) is 60.9 Å². The normalized spacial score (nSPS) is 24.6. The molecule has 0 aromatic rings. The molecular formula is C14H26N2O3. The zero-order valence-corrected chi connectivity index (χ0v) is 12.4. The van der Waals surface area contributed by atoms with E-state index in [0.29, 0.717) is 12.3 Å². The summed E-state index contributed by atoms with van der Waals surface area (Å²) in [5.41, 5.74) is 0. The first kappa shape index (κ1) is 15.8. The number of nitrogens with zero attached hydrogens (tertiary/aromatic N) is 2. The van der Waals surface area contributed by atoms with Gasteiger partial charge in [0.1, 0.15) is 6.04 Å². The van der Waals surface area contributed by atoms with Crippen molar-refractivity contribution in [3.05, 3.63) is 0 Å². The average molecular weight is 270 g/mol. The molecule has 1 aliphatic rings. The smallest absolute Gasteiger partial charge is 0.326 e. The number of urea groups is 1. The summed E-state index contributed by atoms with van der Waals surface area (Å²) in [5, 5.41) is 9.11. The van der Waals surface area contributed by atoms with Gasteiger partial charge in [0.05, 0.1) is 0 Å². The first-order valence-electron chi connectivity index (χ1n) is 7.10. The monoisotopic (exact) mass is 270 g/mol. The third-order valence-corrected chi connectivity index (χ3v) is 4.20. The minimum Gasteiger partial charge on any atom is -0.480 e. The van der Waals surface area contributed by atoms with Crippen molar-refractivity contribution in [1.82, 2.24) is 9.80 Å². The molecule has 1 saturated carbocycles. The number of carbonyl (C=O) groups is 2. The van der Waals surface area contributed by atoms with Crippen LogP contribution in [0.2, 0.25) is 0 Å². The Hall–Kier alpha value is -1.26. The summed E-state index contributed by atoms with van der Waals surface area (Å²) in [7, 11) is 3.36. The highest BCUT2D eigenvalue weighted by Gasteiger charge is 2.31. The molecule has 0 heterocycles. The van der Waals surface area contributed by atoms with E-state index in [4.69, 9.17) is 5.11 Å². The predicted molar refractivity (Wildman–Crippen MR) is 74.1 cm³/mol. The molecule has 1 fully saturated rings. The first-order chi connectivity index (χ1) is 8.88. The summed E-state index contributed by atoms with van der Waals surface area (Å²) in [5.74, 6) is -0.301. The number of hydrogen-bond acceptors (Lipinski definition) is 2. The highest BCUT2D eigenvalue weighted by atomic mass is 16.4. The van der Waals surface area contributed by atoms with Crippen LogP contribution in [0, 0.1) is 5.92 Å². The zero-order valence-electron chi connectivity index (χ0n) is 12.4. The molecule has 110 valence electrons. The van der Waals surface area contributed by atoms with Gasteiger partial charge < -0.3 is 14.9 Å². The van der Waals surface area contributed by atoms with Gasteiger partial charge in [-0.05, 0) is 25.2 Å². The predicted octanol–water partition coefficient (Wildman–Crippen LogP) is 2.41. The Labute approximate surface area is 115 Å². The fourth-order valence-corrected chi connectivity index (χ4v) is 2.91. The second kappa shape index (κ2) is 6.78. The maximum absolute atomic E-state index is 12.3. The van der Waals surface area contributed by atoms with Crippen LogP contribution in [0.15, 0.2) is 0 Å². The van der Waals surface area contributed by atoms with Gasteiger partial charge in [0, 0.05) is 20.1 Å². The molecule has 1 N–H and O–H groups in total. The van der Waals surface area contributed by atoms with Crippen molar-refractivity contribution in [3.63, 3.8) is 0 Å². The number of rotatable bonds is 4. The zero-order chi connectivity index (χ0) is 14.6. The van der Waals surface area contributed by atoms with Crippen molar-refractivity contribution in [3.8, 4) is 0 Å². The minimum atomic E-state index is -0.941. The second-order valence-corrected chi connectivity index (χ2v) is 5.69. The number of carbonyl (C=O) groups excluding carboxylic acids is 1. The standard InChI is InChI=1S/C14H26N2O3/c1-5-12(13(17)18)16(4)14(19)15(3)11-8-6-7-10(2)9-11/h10-12H,5-9H2,1-4H3,(H,17,18). The average Bonchev–Trinajstić information content (AvgIpc) is 2.37. The van der Waals surface area contributed by atoms with Gasteiger partial charge in [0.15, 0.2) is 0 Å². The lowest BCUT2D eigenvalue weighted by Crippen LogP contribution is -2.51. The molecule has 0 aliphatic heterocycles. The van der Waals surface area contributed by atoms with Gasteiger partial charge in [-0.2, -0.15) is 0 Å². The minimum absolute atomic E-state index is 0.187. The lowest BCUT2D eigenvalue weighted by atomic mass is 9.86. The SMILES string of the molecule is CCC(C(=O)O)N(C)C(=O)N(C)C1CCCC(C)C1. The van der Waals surface area contributed by atoms with Gasteiger partial charge in [-0.25, -0.2) is 9.59 Å². The summed E-state index contributed by atoms with van der Waals surface area (Å²) >= 11 is 0. The molecule has 0 aromatic carbocycles. The van der Waals surface area contributed by atoms with E-state index in [9.17, 15) is 9.59 Å². The molecule has 0 aromatic heterocycles. The van der Waals surface area contributed by atoms with Crippen LogP contribution in [0.3, 0.4) is 0 Å². The molecule has 3 unspecified atom stereocenters. The Kier molecular flexibility index (Phi) is 5.63. The Morgan fingerprint density at radius 3 is 2.42 bits per heavy atom. The number of carboxylic acid groups (broad SMARTS) is 1. The molecule has 1 aliphatic carbocycles. The van der Waals surface area contributed by atoms with Crippen molar-refractivity contribution in [2.24, 2.45) is 5.92 Å². The lowest BCUT2D eigenvalue weighted by molar-refractivity contribution is -0.142. The number of hydrogen-bond donors (Lipinski definition) is 1. The van der Waals surface area contributed by atoms with Gasteiger partial charge in [-0.1, -0.05) is 26.7 Å². The quantitative estimate of drug-likeness (QED) is 0.853. The van der Waals surface area contributed by atoms with E-state index < -0.39 is 12.0 Å². The highest BCUT2D eigenvalue weighted by Crippen LogP contribution is 2.27. The summed E-state index contributed by atoms with van der Waals surface area (Å²) in [6, 6.07) is -0.686. The molecule has 3 atom stereocenters. The van der Waals surface area contributed by atoms with Crippen LogP contribution in [0.4, 0.5) is 4.79 Å². The highest BCUT2D eigenvalue weighted by molar-refractivity contribution is 5.82. The largest absolute Gasteiger partial charge is 0.480 e. The summed E-state index contributed by atoms with van der Waals surface area (Å²) in [6.07, 6.45) is 4.82. The van der Waals surface area contributed by atoms with Crippen LogP contribution < -0.4 is 0 Å². The van der Waals surface area contributed by atoms with E-state index in [1.54, 1.807) is 25.9 Å². The Balaban J connectivity index is 2.67. The van der Waals surface area contributed by atoms with Crippen LogP contribution in [-0.4, -0.2) is 53.1 Å². The van der Waals surface area contributed by atoms with Crippen molar-refractivity contribution < 1.29 is 14.7 Å². The molecule has 5 heteroatoms. The molecule has 2 amide bonds. The van der Waals surface area contributed by atoms with E-state index in [2.05, 4.69) is 6.92 Å². The Morgan fingerprint density at radius 1 is 1.32 bits per heavy atom. The van der Waals surface area contributed by atoms with Gasteiger partial charge in [0.25, 0.3) is 0 Å². The fraction of sp³-hybridized carbons (Fsp3) is 0.857. The summed E-state index contributed by atoms with van der Waals surface area (Å²) in [4.78, 5) is 26.5. The fourth-order valence-electron chi connectivity index (χ4n) is 2.91. The van der Waals surface area contributed by atoms with Crippen LogP contribution in [0.25, 0.3) is 0 Å². The number of amides is 2. The molecule has 0 saturated heterocycles. The van der Waals surface area contributed by atoms with Crippen LogP contribution in [0.5, 0.6) is 0 Å². The van der Waals surface area contributed by atoms with Gasteiger partial charge in [0.2, 0.25) is 0 Å². The molecule has 5 nitrogen and oxygen atoms in total. The Morgan fingerprint density at radius 2 is 1.95 bits per heavy atom. The number of aliphatic carboxylic acids is 1. The van der Waals surface area contributed by atoms with E-state index >= 15 is 0 Å². The van der Waals surface area contributed by atoms with Crippen molar-refractivity contribution >= 4 is 12.0 Å². The van der Waals surface area contributed by atoms with Crippen LogP contribution in [0.1, 0.15) is 46.0 Å². The van der Waals surface area contributed by atoms with Crippen molar-refractivity contribution in [2.45, 2.75) is 58.0 Å². The van der Waals surface area contributed by atoms with E-state index in [1.165, 1.54) is 11.3 Å². The maximum Gasteiger partial charge on any atom is 0.326 e. The van der Waals surface area contributed by atoms with E-state index in [-0.39, 0.29) is 12.1 Å². The molecule has 0 radical (unpaired) electrons. The third-order valence-electron chi connectivity index (χ3n) is 4.20. The summed E-state index contributed by atoms with van der Waals surface area (Å²) < 4.78 is 0. The second-order valence-electron chi connectivity index (χ2n) is 5.69. The van der Waals surface area contributed by atoms with Gasteiger partial charge >= 0.3 is 12.0 Å². The number of carboxylic acids is 1. The van der Waals surface area contributed by atoms with Crippen LogP contribution in [-0.2, 0) is 4.79 Å². The Bertz CT molecular complexity index is 333. The van der Waals surface area contributed by atoms with Gasteiger partial charge in [-0.3, -0.25) is 0 Å². The van der Waals surface area contributed by atoms with Crippen LogP contribution >= 0.6 is 0 Å². The van der Waals surface area contributed by atoms with Crippen molar-refractivity contribution in [1.29, 1.82) is 0 Å². The molecular weight excluding hydrogens is 244 g/mol. The third kappa shape index (κ3) is 3.85. The van der Waals surface area contributed by atoms with Gasteiger partial charge in [-0.15, -0.1) is 0 Å². The molecule has 19 heavy (non-hydrogen) atoms. The summed E-state index contributed by atoms with van der Waals surface area (Å²) in [6.45, 7) is 3.99. The maximum atomic E-state index is 12.3. The van der Waals surface area contributed by atoms with Crippen molar-refractivity contribution in [2.75, 3.05) is 14.1 Å². The first-order valence-corrected chi connectivity index (χ1v) is 7.10. The van der Waals surface area contributed by atoms with E-state index in [0.717, 1.165) is 19.3 Å². The van der Waals surface area contributed by atoms with E-state index in [1.807, 2.05) is 0 Å². The molecule has 0 bridgehead atoms. The number of likely N-dealkylation sites (N-methyl/N-ethyl adjacent to an activating group) is 1. The molecule has 1 rings (SSSR count). The lowest BCUT2D eigenvalue weighted by Gasteiger charge is -2.37.